The number of halogens is 1. The van der Waals surface area contributed by atoms with Gasteiger partial charge >= 0.3 is 0 Å². The van der Waals surface area contributed by atoms with Crippen molar-refractivity contribution in [1.82, 2.24) is 5.32 Å². The minimum Gasteiger partial charge on any atom is -0.392 e. The van der Waals surface area contributed by atoms with Gasteiger partial charge in [-0.1, -0.05) is 28.1 Å². The lowest BCUT2D eigenvalue weighted by atomic mass is 10.1. The molecule has 1 aromatic carbocycles. The standard InChI is InChI=1S/C12H18BrNO/c1-9(14-8-10(2)15)7-11-3-5-12(13)6-4-11/h3-6,9-10,14-15H,7-8H2,1-2H3/t9?,10-/m1/s1. The summed E-state index contributed by atoms with van der Waals surface area (Å²) in [6.45, 7) is 4.57. The van der Waals surface area contributed by atoms with Gasteiger partial charge in [0.1, 0.15) is 0 Å². The van der Waals surface area contributed by atoms with E-state index in [1.165, 1.54) is 5.56 Å². The first-order valence-electron chi connectivity index (χ1n) is 5.24. The molecule has 2 nitrogen and oxygen atoms in total. The summed E-state index contributed by atoms with van der Waals surface area (Å²) >= 11 is 3.41. The highest BCUT2D eigenvalue weighted by atomic mass is 79.9. The van der Waals surface area contributed by atoms with Crippen LogP contribution in [0.4, 0.5) is 0 Å². The summed E-state index contributed by atoms with van der Waals surface area (Å²) in [5.74, 6) is 0. The van der Waals surface area contributed by atoms with Crippen LogP contribution in [0.5, 0.6) is 0 Å². The van der Waals surface area contributed by atoms with E-state index < -0.39 is 0 Å². The third kappa shape index (κ3) is 5.30. The molecule has 0 amide bonds. The van der Waals surface area contributed by atoms with Crippen molar-refractivity contribution in [2.75, 3.05) is 6.54 Å². The van der Waals surface area contributed by atoms with Gasteiger partial charge < -0.3 is 10.4 Å². The van der Waals surface area contributed by atoms with E-state index in [0.717, 1.165) is 10.9 Å². The number of aliphatic hydroxyl groups is 1. The van der Waals surface area contributed by atoms with Gasteiger partial charge in [-0.05, 0) is 38.0 Å². The summed E-state index contributed by atoms with van der Waals surface area (Å²) in [6, 6.07) is 8.73. The molecule has 0 heterocycles. The Morgan fingerprint density at radius 2 is 1.87 bits per heavy atom. The van der Waals surface area contributed by atoms with Gasteiger partial charge in [-0.3, -0.25) is 0 Å². The zero-order valence-corrected chi connectivity index (χ0v) is 10.8. The molecule has 0 aliphatic rings. The smallest absolute Gasteiger partial charge is 0.0636 e. The number of aliphatic hydroxyl groups excluding tert-OH is 1. The molecule has 84 valence electrons. The first-order chi connectivity index (χ1) is 7.08. The molecule has 0 radical (unpaired) electrons. The van der Waals surface area contributed by atoms with E-state index in [1.54, 1.807) is 6.92 Å². The van der Waals surface area contributed by atoms with Crippen molar-refractivity contribution in [1.29, 1.82) is 0 Å². The second-order valence-electron chi connectivity index (χ2n) is 3.99. The molecule has 1 unspecified atom stereocenters. The number of benzene rings is 1. The van der Waals surface area contributed by atoms with E-state index in [9.17, 15) is 0 Å². The Labute approximate surface area is 99.8 Å². The molecule has 0 saturated heterocycles. The van der Waals surface area contributed by atoms with E-state index in [-0.39, 0.29) is 6.10 Å². The van der Waals surface area contributed by atoms with Crippen LogP contribution in [-0.4, -0.2) is 23.8 Å². The van der Waals surface area contributed by atoms with Crippen molar-refractivity contribution in [2.45, 2.75) is 32.4 Å². The molecular weight excluding hydrogens is 254 g/mol. The maximum Gasteiger partial charge on any atom is 0.0636 e. The first-order valence-corrected chi connectivity index (χ1v) is 6.03. The van der Waals surface area contributed by atoms with Crippen LogP contribution in [0.1, 0.15) is 19.4 Å². The van der Waals surface area contributed by atoms with Gasteiger partial charge in [0, 0.05) is 17.1 Å². The first kappa shape index (κ1) is 12.7. The average molecular weight is 272 g/mol. The van der Waals surface area contributed by atoms with Crippen LogP contribution in [0.2, 0.25) is 0 Å². The van der Waals surface area contributed by atoms with Crippen LogP contribution in [0.3, 0.4) is 0 Å². The number of rotatable bonds is 5. The Morgan fingerprint density at radius 1 is 1.27 bits per heavy atom. The normalized spacial score (nSPS) is 14.9. The van der Waals surface area contributed by atoms with E-state index in [0.29, 0.717) is 12.6 Å². The lowest BCUT2D eigenvalue weighted by Gasteiger charge is -2.15. The van der Waals surface area contributed by atoms with Gasteiger partial charge in [0.05, 0.1) is 6.10 Å². The van der Waals surface area contributed by atoms with E-state index in [4.69, 9.17) is 5.11 Å². The highest BCUT2D eigenvalue weighted by Gasteiger charge is 2.04. The lowest BCUT2D eigenvalue weighted by molar-refractivity contribution is 0.187. The Hall–Kier alpha value is -0.380. The molecule has 1 aromatic rings. The third-order valence-electron chi connectivity index (χ3n) is 2.22. The largest absolute Gasteiger partial charge is 0.392 e. The number of nitrogens with one attached hydrogen (secondary N) is 1. The van der Waals surface area contributed by atoms with Crippen molar-refractivity contribution < 1.29 is 5.11 Å². The van der Waals surface area contributed by atoms with Crippen LogP contribution in [0.15, 0.2) is 28.7 Å². The van der Waals surface area contributed by atoms with Crippen molar-refractivity contribution in [2.24, 2.45) is 0 Å². The van der Waals surface area contributed by atoms with E-state index >= 15 is 0 Å². The fourth-order valence-corrected chi connectivity index (χ4v) is 1.68. The SMILES string of the molecule is CC(Cc1ccc(Br)cc1)NC[C@@H](C)O. The molecule has 0 aliphatic heterocycles. The minimum atomic E-state index is -0.280. The second-order valence-corrected chi connectivity index (χ2v) is 4.90. The summed E-state index contributed by atoms with van der Waals surface area (Å²) in [5, 5.41) is 12.4. The molecule has 2 N–H and O–H groups in total. The molecule has 2 atom stereocenters. The van der Waals surface area contributed by atoms with E-state index in [2.05, 4.69) is 52.4 Å². The number of hydrogen-bond donors (Lipinski definition) is 2. The monoisotopic (exact) mass is 271 g/mol. The quantitative estimate of drug-likeness (QED) is 0.862. The van der Waals surface area contributed by atoms with Crippen LogP contribution < -0.4 is 5.32 Å². The van der Waals surface area contributed by atoms with Gasteiger partial charge in [-0.2, -0.15) is 0 Å². The lowest BCUT2D eigenvalue weighted by Crippen LogP contribution is -2.33. The second kappa shape index (κ2) is 6.26. The summed E-state index contributed by atoms with van der Waals surface area (Å²) in [4.78, 5) is 0. The average Bonchev–Trinajstić information content (AvgIpc) is 2.19. The van der Waals surface area contributed by atoms with Crippen LogP contribution in [0, 0.1) is 0 Å². The summed E-state index contributed by atoms with van der Waals surface area (Å²) in [7, 11) is 0. The highest BCUT2D eigenvalue weighted by Crippen LogP contribution is 2.11. The molecule has 0 aromatic heterocycles. The Morgan fingerprint density at radius 3 is 2.40 bits per heavy atom. The fraction of sp³-hybridized carbons (Fsp3) is 0.500. The van der Waals surface area contributed by atoms with Crippen molar-refractivity contribution in [3.63, 3.8) is 0 Å². The maximum atomic E-state index is 9.14. The summed E-state index contributed by atoms with van der Waals surface area (Å²) in [6.07, 6.45) is 0.706. The molecular formula is C12H18BrNO. The molecule has 0 aliphatic carbocycles. The summed E-state index contributed by atoms with van der Waals surface area (Å²) in [5.41, 5.74) is 1.31. The van der Waals surface area contributed by atoms with Crippen LogP contribution in [0.25, 0.3) is 0 Å². The Balaban J connectivity index is 2.37. The predicted molar refractivity (Wildman–Crippen MR) is 67.0 cm³/mol. The van der Waals surface area contributed by atoms with Crippen molar-refractivity contribution in [3.05, 3.63) is 34.3 Å². The van der Waals surface area contributed by atoms with Crippen molar-refractivity contribution in [3.8, 4) is 0 Å². The van der Waals surface area contributed by atoms with Gasteiger partial charge in [0.25, 0.3) is 0 Å². The maximum absolute atomic E-state index is 9.14. The van der Waals surface area contributed by atoms with Gasteiger partial charge in [0.15, 0.2) is 0 Å². The van der Waals surface area contributed by atoms with Crippen LogP contribution >= 0.6 is 15.9 Å². The molecule has 0 saturated carbocycles. The molecule has 0 fully saturated rings. The van der Waals surface area contributed by atoms with Gasteiger partial charge in [-0.15, -0.1) is 0 Å². The minimum absolute atomic E-state index is 0.280. The van der Waals surface area contributed by atoms with Crippen LogP contribution in [-0.2, 0) is 6.42 Å². The van der Waals surface area contributed by atoms with E-state index in [1.807, 2.05) is 0 Å². The molecule has 0 spiro atoms. The summed E-state index contributed by atoms with van der Waals surface area (Å²) < 4.78 is 1.11. The topological polar surface area (TPSA) is 32.3 Å². The third-order valence-corrected chi connectivity index (χ3v) is 2.75. The highest BCUT2D eigenvalue weighted by molar-refractivity contribution is 9.10. The Bertz CT molecular complexity index is 284. The van der Waals surface area contributed by atoms with Gasteiger partial charge in [-0.25, -0.2) is 0 Å². The zero-order valence-electron chi connectivity index (χ0n) is 9.20. The molecule has 1 rings (SSSR count). The fourth-order valence-electron chi connectivity index (χ4n) is 1.42. The predicted octanol–water partition coefficient (Wildman–Crippen LogP) is 2.35. The molecule has 0 bridgehead atoms. The van der Waals surface area contributed by atoms with Crippen molar-refractivity contribution >= 4 is 15.9 Å². The molecule has 15 heavy (non-hydrogen) atoms. The Kier molecular flexibility index (Phi) is 5.29. The zero-order chi connectivity index (χ0) is 11.3. The van der Waals surface area contributed by atoms with Gasteiger partial charge in [0.2, 0.25) is 0 Å². The molecule has 3 heteroatoms. The number of hydrogen-bond acceptors (Lipinski definition) is 2.